The fourth-order valence-electron chi connectivity index (χ4n) is 2.54. The number of benzene rings is 2. The summed E-state index contributed by atoms with van der Waals surface area (Å²) in [4.78, 5) is 24.1. The van der Waals surface area contributed by atoms with Crippen molar-refractivity contribution in [3.8, 4) is 0 Å². The van der Waals surface area contributed by atoms with Crippen molar-refractivity contribution in [3.63, 3.8) is 0 Å². The Bertz CT molecular complexity index is 739. The molecule has 0 aromatic heterocycles. The lowest BCUT2D eigenvalue weighted by atomic mass is 10.1. The molecule has 0 heterocycles. The van der Waals surface area contributed by atoms with Crippen molar-refractivity contribution in [2.75, 3.05) is 10.6 Å². The average Bonchev–Trinajstić information content (AvgIpc) is 2.58. The lowest BCUT2D eigenvalue weighted by molar-refractivity contribution is -0.116. The summed E-state index contributed by atoms with van der Waals surface area (Å²) in [5, 5.41) is 8.42. The molecule has 138 valence electrons. The van der Waals surface area contributed by atoms with E-state index in [1.807, 2.05) is 26.0 Å². The number of hydrogen-bond acceptors (Lipinski definition) is 2. The summed E-state index contributed by atoms with van der Waals surface area (Å²) in [5.41, 5.74) is 3.65. The van der Waals surface area contributed by atoms with Crippen LogP contribution < -0.4 is 16.0 Å². The van der Waals surface area contributed by atoms with E-state index >= 15 is 0 Å². The van der Waals surface area contributed by atoms with Gasteiger partial charge in [-0.15, -0.1) is 0 Å². The van der Waals surface area contributed by atoms with Crippen molar-refractivity contribution in [2.24, 2.45) is 0 Å². The average molecular weight is 353 g/mol. The van der Waals surface area contributed by atoms with Crippen LogP contribution in [0.2, 0.25) is 0 Å². The molecule has 2 aromatic rings. The predicted molar refractivity (Wildman–Crippen MR) is 106 cm³/mol. The monoisotopic (exact) mass is 353 g/mol. The van der Waals surface area contributed by atoms with Gasteiger partial charge in [-0.05, 0) is 51.3 Å². The molecule has 3 N–H and O–H groups in total. The molecule has 0 aliphatic heterocycles. The number of aryl methyl sites for hydroxylation is 2. The van der Waals surface area contributed by atoms with Crippen molar-refractivity contribution in [1.29, 1.82) is 0 Å². The summed E-state index contributed by atoms with van der Waals surface area (Å²) in [6.45, 7) is 5.84. The Morgan fingerprint density at radius 3 is 2.15 bits per heavy atom. The molecular formula is C21H27N3O2. The minimum Gasteiger partial charge on any atom is -0.336 e. The molecule has 0 fully saturated rings. The molecular weight excluding hydrogens is 326 g/mol. The molecule has 0 aliphatic rings. The van der Waals surface area contributed by atoms with Crippen LogP contribution in [-0.2, 0) is 11.2 Å². The molecule has 0 saturated carbocycles. The lowest BCUT2D eigenvalue weighted by Gasteiger charge is -2.14. The molecule has 0 radical (unpaired) electrons. The Balaban J connectivity index is 1.86. The number of para-hydroxylation sites is 2. The molecule has 2 aromatic carbocycles. The fourth-order valence-corrected chi connectivity index (χ4v) is 2.54. The van der Waals surface area contributed by atoms with E-state index in [-0.39, 0.29) is 18.0 Å². The number of rotatable bonds is 7. The molecule has 0 atom stereocenters. The van der Waals surface area contributed by atoms with Crippen LogP contribution in [0.15, 0.2) is 48.5 Å². The van der Waals surface area contributed by atoms with Gasteiger partial charge in [-0.3, -0.25) is 4.79 Å². The van der Waals surface area contributed by atoms with E-state index < -0.39 is 0 Å². The van der Waals surface area contributed by atoms with Crippen LogP contribution in [0.3, 0.4) is 0 Å². The first-order valence-electron chi connectivity index (χ1n) is 8.96. The topological polar surface area (TPSA) is 70.2 Å². The van der Waals surface area contributed by atoms with Gasteiger partial charge in [-0.25, -0.2) is 4.79 Å². The molecule has 0 unspecified atom stereocenters. The van der Waals surface area contributed by atoms with Crippen LogP contribution in [0.1, 0.15) is 37.8 Å². The van der Waals surface area contributed by atoms with Crippen LogP contribution in [0.4, 0.5) is 16.2 Å². The Labute approximate surface area is 155 Å². The summed E-state index contributed by atoms with van der Waals surface area (Å²) < 4.78 is 0. The van der Waals surface area contributed by atoms with E-state index in [1.165, 1.54) is 11.1 Å². The van der Waals surface area contributed by atoms with Crippen molar-refractivity contribution in [2.45, 2.75) is 46.1 Å². The third-order valence-corrected chi connectivity index (χ3v) is 3.86. The van der Waals surface area contributed by atoms with Gasteiger partial charge in [0.05, 0.1) is 11.4 Å². The highest BCUT2D eigenvalue weighted by Crippen LogP contribution is 2.21. The van der Waals surface area contributed by atoms with E-state index in [0.717, 1.165) is 12.8 Å². The van der Waals surface area contributed by atoms with E-state index in [1.54, 1.807) is 12.1 Å². The van der Waals surface area contributed by atoms with Crippen LogP contribution in [0, 0.1) is 6.92 Å². The zero-order valence-corrected chi connectivity index (χ0v) is 15.6. The van der Waals surface area contributed by atoms with Gasteiger partial charge in [0.25, 0.3) is 0 Å². The summed E-state index contributed by atoms with van der Waals surface area (Å²) >= 11 is 0. The third kappa shape index (κ3) is 6.59. The number of anilines is 2. The maximum absolute atomic E-state index is 12.2. The molecule has 5 heteroatoms. The van der Waals surface area contributed by atoms with E-state index in [2.05, 4.69) is 47.1 Å². The summed E-state index contributed by atoms with van der Waals surface area (Å²) in [7, 11) is 0. The Hall–Kier alpha value is -2.82. The SMILES string of the molecule is Cc1ccc(CCCC(=O)Nc2ccccc2NC(=O)NC(C)C)cc1. The maximum Gasteiger partial charge on any atom is 0.319 e. The largest absolute Gasteiger partial charge is 0.336 e. The molecule has 0 spiro atoms. The Morgan fingerprint density at radius 2 is 1.54 bits per heavy atom. The van der Waals surface area contributed by atoms with Gasteiger partial charge in [0.15, 0.2) is 0 Å². The number of carbonyl (C=O) groups is 2. The highest BCUT2D eigenvalue weighted by Gasteiger charge is 2.10. The molecule has 26 heavy (non-hydrogen) atoms. The Morgan fingerprint density at radius 1 is 0.923 bits per heavy atom. The van der Waals surface area contributed by atoms with Gasteiger partial charge in [0.1, 0.15) is 0 Å². The minimum absolute atomic E-state index is 0.0403. The van der Waals surface area contributed by atoms with Crippen LogP contribution >= 0.6 is 0 Å². The highest BCUT2D eigenvalue weighted by atomic mass is 16.2. The first-order chi connectivity index (χ1) is 12.4. The van der Waals surface area contributed by atoms with E-state index in [9.17, 15) is 9.59 Å². The molecule has 5 nitrogen and oxygen atoms in total. The molecule has 2 rings (SSSR count). The predicted octanol–water partition coefficient (Wildman–Crippen LogP) is 4.49. The molecule has 0 saturated heterocycles. The number of carbonyl (C=O) groups excluding carboxylic acids is 2. The van der Waals surface area contributed by atoms with Gasteiger partial charge in [0.2, 0.25) is 5.91 Å². The molecule has 3 amide bonds. The van der Waals surface area contributed by atoms with Crippen molar-refractivity contribution in [1.82, 2.24) is 5.32 Å². The van der Waals surface area contributed by atoms with Crippen LogP contribution in [-0.4, -0.2) is 18.0 Å². The van der Waals surface area contributed by atoms with Gasteiger partial charge >= 0.3 is 6.03 Å². The second kappa shape index (κ2) is 9.61. The van der Waals surface area contributed by atoms with Gasteiger partial charge in [0, 0.05) is 12.5 Å². The second-order valence-corrected chi connectivity index (χ2v) is 6.69. The smallest absolute Gasteiger partial charge is 0.319 e. The van der Waals surface area contributed by atoms with Crippen LogP contribution in [0.5, 0.6) is 0 Å². The van der Waals surface area contributed by atoms with Crippen molar-refractivity contribution >= 4 is 23.3 Å². The number of amides is 3. The zero-order valence-electron chi connectivity index (χ0n) is 15.6. The second-order valence-electron chi connectivity index (χ2n) is 6.69. The normalized spacial score (nSPS) is 10.5. The summed E-state index contributed by atoms with van der Waals surface area (Å²) in [6, 6.07) is 15.3. The zero-order chi connectivity index (χ0) is 18.9. The van der Waals surface area contributed by atoms with Gasteiger partial charge < -0.3 is 16.0 Å². The highest BCUT2D eigenvalue weighted by molar-refractivity contribution is 5.99. The summed E-state index contributed by atoms with van der Waals surface area (Å²) in [5.74, 6) is -0.0596. The van der Waals surface area contributed by atoms with E-state index in [4.69, 9.17) is 0 Å². The van der Waals surface area contributed by atoms with E-state index in [0.29, 0.717) is 17.8 Å². The van der Waals surface area contributed by atoms with Gasteiger partial charge in [-0.1, -0.05) is 42.0 Å². The van der Waals surface area contributed by atoms with Gasteiger partial charge in [-0.2, -0.15) is 0 Å². The molecule has 0 aliphatic carbocycles. The molecule has 0 bridgehead atoms. The minimum atomic E-state index is -0.291. The first kappa shape index (κ1) is 19.5. The first-order valence-corrected chi connectivity index (χ1v) is 8.96. The number of urea groups is 1. The lowest BCUT2D eigenvalue weighted by Crippen LogP contribution is -2.34. The van der Waals surface area contributed by atoms with Crippen molar-refractivity contribution in [3.05, 3.63) is 59.7 Å². The van der Waals surface area contributed by atoms with Crippen molar-refractivity contribution < 1.29 is 9.59 Å². The quantitative estimate of drug-likeness (QED) is 0.686. The van der Waals surface area contributed by atoms with Crippen LogP contribution in [0.25, 0.3) is 0 Å². The third-order valence-electron chi connectivity index (χ3n) is 3.86. The Kier molecular flexibility index (Phi) is 7.21. The fraction of sp³-hybridized carbons (Fsp3) is 0.333. The standard InChI is InChI=1S/C21H27N3O2/c1-15(2)22-21(26)24-19-9-5-4-8-18(19)23-20(25)10-6-7-17-13-11-16(3)12-14-17/h4-5,8-9,11-15H,6-7,10H2,1-3H3,(H,23,25)(H2,22,24,26). The maximum atomic E-state index is 12.2. The number of nitrogens with one attached hydrogen (secondary N) is 3. The summed E-state index contributed by atoms with van der Waals surface area (Å²) in [6.07, 6.45) is 2.07. The number of hydrogen-bond donors (Lipinski definition) is 3.